The number of hydrogen-bond donors (Lipinski definition) is 2. The zero-order valence-corrected chi connectivity index (χ0v) is 16.3. The third kappa shape index (κ3) is 3.44. The first-order chi connectivity index (χ1) is 14.5. The molecule has 0 radical (unpaired) electrons. The summed E-state index contributed by atoms with van der Waals surface area (Å²) in [6.07, 6.45) is 3.24. The Bertz CT molecular complexity index is 1320. The van der Waals surface area contributed by atoms with Crippen LogP contribution in [0.15, 0.2) is 76.9 Å². The Hall–Kier alpha value is -3.91. The monoisotopic (exact) mass is 421 g/mol. The van der Waals surface area contributed by atoms with Crippen molar-refractivity contribution < 1.29 is 9.67 Å². The molecule has 0 fully saturated rings. The molecule has 0 bridgehead atoms. The summed E-state index contributed by atoms with van der Waals surface area (Å²) in [6, 6.07) is 15.1. The van der Waals surface area contributed by atoms with Crippen molar-refractivity contribution in [2.24, 2.45) is 10.9 Å². The van der Waals surface area contributed by atoms with Crippen molar-refractivity contribution in [3.8, 4) is 17.0 Å². The lowest BCUT2D eigenvalue weighted by molar-refractivity contribution is -0.671. The predicted molar refractivity (Wildman–Crippen MR) is 113 cm³/mol. The van der Waals surface area contributed by atoms with Crippen LogP contribution < -0.4 is 15.9 Å². The lowest BCUT2D eigenvalue weighted by Gasteiger charge is -2.11. The van der Waals surface area contributed by atoms with Crippen LogP contribution in [0.2, 0.25) is 5.15 Å². The second-order valence-electron chi connectivity index (χ2n) is 6.56. The first-order valence-electron chi connectivity index (χ1n) is 8.93. The SMILES string of the molecule is N/C(=N/[O-])c1ccc(-c2c(O)[n+](Cc3ccc(Cl)nc3)c3ccccn3c2=O)cc1. The highest BCUT2D eigenvalue weighted by molar-refractivity contribution is 6.29. The van der Waals surface area contributed by atoms with Gasteiger partial charge in [0.2, 0.25) is 0 Å². The Morgan fingerprint density at radius 1 is 1.20 bits per heavy atom. The molecule has 0 aliphatic carbocycles. The topological polar surface area (TPSA) is 120 Å². The van der Waals surface area contributed by atoms with Crippen LogP contribution in [-0.2, 0) is 6.54 Å². The molecule has 0 aliphatic rings. The maximum Gasteiger partial charge on any atom is 0.354 e. The number of benzene rings is 1. The molecular formula is C21H16ClN5O3. The van der Waals surface area contributed by atoms with E-state index in [0.29, 0.717) is 21.9 Å². The van der Waals surface area contributed by atoms with Crippen LogP contribution >= 0.6 is 11.6 Å². The van der Waals surface area contributed by atoms with E-state index in [1.54, 1.807) is 71.6 Å². The quantitative estimate of drug-likeness (QED) is 0.172. The maximum absolute atomic E-state index is 13.1. The Labute approximate surface area is 175 Å². The minimum absolute atomic E-state index is 0.116. The first kappa shape index (κ1) is 19.4. The highest BCUT2D eigenvalue weighted by atomic mass is 35.5. The number of rotatable bonds is 4. The minimum Gasteiger partial charge on any atom is -0.790 e. The molecule has 150 valence electrons. The van der Waals surface area contributed by atoms with Gasteiger partial charge in [0.05, 0.1) is 6.20 Å². The highest BCUT2D eigenvalue weighted by Gasteiger charge is 2.25. The Morgan fingerprint density at radius 3 is 2.63 bits per heavy atom. The molecule has 0 atom stereocenters. The summed E-state index contributed by atoms with van der Waals surface area (Å²) in [7, 11) is 0. The second kappa shape index (κ2) is 7.84. The Morgan fingerprint density at radius 2 is 1.97 bits per heavy atom. The van der Waals surface area contributed by atoms with Gasteiger partial charge in [-0.25, -0.2) is 9.78 Å². The standard InChI is InChI=1S/C21H16ClN5O3/c22-16-9-4-13(11-24-16)12-27-17-3-1-2-10-26(17)20(28)18(21(27)29)14-5-7-15(8-6-14)19(23)25-30/h1-11H,12H2,(H3-,23,25,28,29,30). The lowest BCUT2D eigenvalue weighted by Crippen LogP contribution is -2.41. The third-order valence-corrected chi connectivity index (χ3v) is 4.95. The minimum atomic E-state index is -0.383. The molecule has 3 aromatic heterocycles. The van der Waals surface area contributed by atoms with Crippen LogP contribution in [0.3, 0.4) is 0 Å². The van der Waals surface area contributed by atoms with Crippen LogP contribution in [-0.4, -0.2) is 20.3 Å². The summed E-state index contributed by atoms with van der Waals surface area (Å²) >= 11 is 5.86. The molecule has 4 rings (SSSR count). The summed E-state index contributed by atoms with van der Waals surface area (Å²) in [4.78, 5) is 17.2. The van der Waals surface area contributed by atoms with Gasteiger partial charge in [-0.1, -0.05) is 48.0 Å². The van der Waals surface area contributed by atoms with Crippen LogP contribution in [0.5, 0.6) is 5.88 Å². The van der Waals surface area contributed by atoms with Gasteiger partial charge in [-0.2, -0.15) is 8.97 Å². The molecule has 8 nitrogen and oxygen atoms in total. The van der Waals surface area contributed by atoms with E-state index in [9.17, 15) is 15.1 Å². The van der Waals surface area contributed by atoms with Crippen molar-refractivity contribution in [3.63, 3.8) is 0 Å². The number of halogens is 1. The average Bonchev–Trinajstić information content (AvgIpc) is 2.78. The number of pyridine rings is 2. The summed E-state index contributed by atoms with van der Waals surface area (Å²) in [6.45, 7) is 0.269. The van der Waals surface area contributed by atoms with E-state index in [2.05, 4.69) is 10.1 Å². The van der Waals surface area contributed by atoms with Gasteiger partial charge < -0.3 is 21.2 Å². The highest BCUT2D eigenvalue weighted by Crippen LogP contribution is 2.24. The van der Waals surface area contributed by atoms with Gasteiger partial charge in [-0.15, -0.1) is 0 Å². The number of amidine groups is 1. The number of aromatic nitrogens is 3. The van der Waals surface area contributed by atoms with Gasteiger partial charge in [0.25, 0.3) is 11.5 Å². The van der Waals surface area contributed by atoms with Crippen molar-refractivity contribution >= 4 is 23.1 Å². The molecule has 9 heteroatoms. The molecule has 0 spiro atoms. The largest absolute Gasteiger partial charge is 0.790 e. The second-order valence-corrected chi connectivity index (χ2v) is 6.95. The van der Waals surface area contributed by atoms with Crippen LogP contribution in [0.25, 0.3) is 16.8 Å². The molecule has 0 amide bonds. The predicted octanol–water partition coefficient (Wildman–Crippen LogP) is 2.26. The van der Waals surface area contributed by atoms with E-state index in [-0.39, 0.29) is 29.4 Å². The van der Waals surface area contributed by atoms with E-state index in [4.69, 9.17) is 17.3 Å². The van der Waals surface area contributed by atoms with E-state index in [0.717, 1.165) is 5.56 Å². The van der Waals surface area contributed by atoms with Crippen molar-refractivity contribution in [1.82, 2.24) is 9.38 Å². The van der Waals surface area contributed by atoms with E-state index < -0.39 is 0 Å². The summed E-state index contributed by atoms with van der Waals surface area (Å²) in [5, 5.41) is 24.8. The molecule has 0 unspecified atom stereocenters. The van der Waals surface area contributed by atoms with Crippen LogP contribution in [0, 0.1) is 5.21 Å². The van der Waals surface area contributed by atoms with E-state index in [1.807, 2.05) is 0 Å². The number of nitrogens with zero attached hydrogens (tertiary/aromatic N) is 4. The van der Waals surface area contributed by atoms with Gasteiger partial charge in [0.1, 0.15) is 17.5 Å². The molecule has 1 aromatic carbocycles. The molecule has 0 saturated heterocycles. The third-order valence-electron chi connectivity index (χ3n) is 4.72. The lowest BCUT2D eigenvalue weighted by atomic mass is 10.1. The fraction of sp³-hybridized carbons (Fsp3) is 0.0476. The van der Waals surface area contributed by atoms with Crippen molar-refractivity contribution in [1.29, 1.82) is 0 Å². The van der Waals surface area contributed by atoms with E-state index >= 15 is 0 Å². The first-order valence-corrected chi connectivity index (χ1v) is 9.30. The molecular weight excluding hydrogens is 406 g/mol. The van der Waals surface area contributed by atoms with Gasteiger partial charge in [0, 0.05) is 23.4 Å². The van der Waals surface area contributed by atoms with Crippen molar-refractivity contribution in [2.45, 2.75) is 6.54 Å². The molecule has 0 saturated carbocycles. The zero-order valence-electron chi connectivity index (χ0n) is 15.6. The Kier molecular flexibility index (Phi) is 5.07. The van der Waals surface area contributed by atoms with Crippen molar-refractivity contribution in [2.75, 3.05) is 0 Å². The Balaban J connectivity index is 1.92. The fourth-order valence-electron chi connectivity index (χ4n) is 3.24. The normalized spacial score (nSPS) is 11.7. The van der Waals surface area contributed by atoms with Crippen molar-refractivity contribution in [3.05, 3.63) is 98.8 Å². The van der Waals surface area contributed by atoms with E-state index in [1.165, 1.54) is 4.40 Å². The van der Waals surface area contributed by atoms with Gasteiger partial charge in [-0.3, -0.25) is 0 Å². The fourth-order valence-corrected chi connectivity index (χ4v) is 3.35. The maximum atomic E-state index is 13.1. The zero-order chi connectivity index (χ0) is 21.3. The average molecular weight is 422 g/mol. The molecule has 30 heavy (non-hydrogen) atoms. The molecule has 3 N–H and O–H groups in total. The van der Waals surface area contributed by atoms with Gasteiger partial charge in [-0.05, 0) is 17.7 Å². The number of fused-ring (bicyclic) bond motifs is 1. The molecule has 0 aliphatic heterocycles. The van der Waals surface area contributed by atoms with Gasteiger partial charge in [0.15, 0.2) is 5.56 Å². The number of aromatic hydroxyl groups is 1. The summed E-state index contributed by atoms with van der Waals surface area (Å²) in [5.74, 6) is -0.356. The number of hydrogen-bond acceptors (Lipinski definition) is 5. The smallest absolute Gasteiger partial charge is 0.354 e. The molecule has 3 heterocycles. The summed E-state index contributed by atoms with van der Waals surface area (Å²) in [5.41, 5.74) is 7.48. The summed E-state index contributed by atoms with van der Waals surface area (Å²) < 4.78 is 3.07. The molecule has 4 aromatic rings. The van der Waals surface area contributed by atoms with Crippen LogP contribution in [0.1, 0.15) is 11.1 Å². The number of nitrogens with two attached hydrogens (primary N) is 1. The van der Waals surface area contributed by atoms with Gasteiger partial charge >= 0.3 is 5.56 Å². The van der Waals surface area contributed by atoms with Crippen LogP contribution in [0.4, 0.5) is 0 Å².